The van der Waals surface area contributed by atoms with Crippen LogP contribution in [0, 0.1) is 0 Å². The second-order valence-electron chi connectivity index (χ2n) is 3.25. The first kappa shape index (κ1) is 8.84. The number of rotatable bonds is 2. The molecule has 3 aromatic heterocycles. The van der Waals surface area contributed by atoms with Crippen LogP contribution in [0.25, 0.3) is 5.65 Å². The zero-order valence-electron chi connectivity index (χ0n) is 8.20. The van der Waals surface area contributed by atoms with Gasteiger partial charge in [-0.05, 0) is 18.2 Å². The van der Waals surface area contributed by atoms with E-state index in [4.69, 9.17) is 4.42 Å². The minimum atomic E-state index is -0.210. The van der Waals surface area contributed by atoms with Crippen LogP contribution in [0.1, 0.15) is 16.1 Å². The standard InChI is InChI=1S/C11H7N3O2/c15-10(9-3-1-6-16-9)8-7-13-14-5-2-4-12-11(8)14/h1-7H. The molecule has 0 aliphatic rings. The van der Waals surface area contributed by atoms with Crippen LogP contribution in [-0.4, -0.2) is 20.4 Å². The van der Waals surface area contributed by atoms with Crippen LogP contribution in [0.5, 0.6) is 0 Å². The van der Waals surface area contributed by atoms with Crippen LogP contribution >= 0.6 is 0 Å². The topological polar surface area (TPSA) is 60.4 Å². The van der Waals surface area contributed by atoms with Crippen LogP contribution in [0.4, 0.5) is 0 Å². The molecule has 5 heteroatoms. The van der Waals surface area contributed by atoms with E-state index in [1.54, 1.807) is 35.1 Å². The third-order valence-corrected chi connectivity index (χ3v) is 2.27. The Bertz CT molecular complexity index is 640. The van der Waals surface area contributed by atoms with Gasteiger partial charge in [-0.1, -0.05) is 0 Å². The van der Waals surface area contributed by atoms with Crippen molar-refractivity contribution in [3.05, 3.63) is 54.4 Å². The fraction of sp³-hybridized carbons (Fsp3) is 0. The van der Waals surface area contributed by atoms with Gasteiger partial charge < -0.3 is 4.42 Å². The highest BCUT2D eigenvalue weighted by molar-refractivity contribution is 6.10. The Hall–Kier alpha value is -2.43. The molecule has 0 fully saturated rings. The fourth-order valence-electron chi connectivity index (χ4n) is 1.53. The number of hydrogen-bond acceptors (Lipinski definition) is 4. The van der Waals surface area contributed by atoms with Gasteiger partial charge in [0.2, 0.25) is 5.78 Å². The highest BCUT2D eigenvalue weighted by Crippen LogP contribution is 2.13. The molecule has 0 atom stereocenters. The average Bonchev–Trinajstić information content (AvgIpc) is 2.98. The quantitative estimate of drug-likeness (QED) is 0.606. The van der Waals surface area contributed by atoms with Crippen LogP contribution in [0.15, 0.2) is 47.5 Å². The summed E-state index contributed by atoms with van der Waals surface area (Å²) in [6.45, 7) is 0. The summed E-state index contributed by atoms with van der Waals surface area (Å²) in [4.78, 5) is 16.1. The summed E-state index contributed by atoms with van der Waals surface area (Å²) in [5.74, 6) is 0.0826. The van der Waals surface area contributed by atoms with E-state index >= 15 is 0 Å². The van der Waals surface area contributed by atoms with Crippen molar-refractivity contribution >= 4 is 11.4 Å². The van der Waals surface area contributed by atoms with Crippen molar-refractivity contribution in [2.24, 2.45) is 0 Å². The van der Waals surface area contributed by atoms with Crippen molar-refractivity contribution in [3.63, 3.8) is 0 Å². The maximum absolute atomic E-state index is 12.0. The highest BCUT2D eigenvalue weighted by Gasteiger charge is 2.17. The van der Waals surface area contributed by atoms with Gasteiger partial charge in [-0.15, -0.1) is 0 Å². The molecule has 3 aromatic rings. The normalized spacial score (nSPS) is 10.8. The number of nitrogens with zero attached hydrogens (tertiary/aromatic N) is 3. The minimum absolute atomic E-state index is 0.210. The first-order valence-electron chi connectivity index (χ1n) is 4.73. The summed E-state index contributed by atoms with van der Waals surface area (Å²) in [5.41, 5.74) is 0.972. The van der Waals surface area contributed by atoms with Crippen molar-refractivity contribution in [3.8, 4) is 0 Å². The van der Waals surface area contributed by atoms with Crippen LogP contribution in [-0.2, 0) is 0 Å². The predicted molar refractivity (Wildman–Crippen MR) is 55.1 cm³/mol. The zero-order chi connectivity index (χ0) is 11.0. The first-order valence-corrected chi connectivity index (χ1v) is 4.73. The third-order valence-electron chi connectivity index (χ3n) is 2.27. The molecule has 78 valence electrons. The molecule has 0 saturated carbocycles. The van der Waals surface area contributed by atoms with Gasteiger partial charge in [0.15, 0.2) is 11.4 Å². The second-order valence-corrected chi connectivity index (χ2v) is 3.25. The Morgan fingerprint density at radius 3 is 3.12 bits per heavy atom. The van der Waals surface area contributed by atoms with Gasteiger partial charge >= 0.3 is 0 Å². The molecule has 0 radical (unpaired) electrons. The molecule has 0 aliphatic carbocycles. The lowest BCUT2D eigenvalue weighted by Crippen LogP contribution is -2.00. The van der Waals surface area contributed by atoms with Gasteiger partial charge in [-0.25, -0.2) is 9.50 Å². The lowest BCUT2D eigenvalue weighted by atomic mass is 10.2. The SMILES string of the molecule is O=C(c1ccco1)c1cnn2cccnc12. The molecule has 0 amide bonds. The van der Waals surface area contributed by atoms with E-state index < -0.39 is 0 Å². The largest absolute Gasteiger partial charge is 0.461 e. The lowest BCUT2D eigenvalue weighted by molar-refractivity contribution is 0.101. The van der Waals surface area contributed by atoms with Crippen LogP contribution in [0.2, 0.25) is 0 Å². The van der Waals surface area contributed by atoms with E-state index in [2.05, 4.69) is 10.1 Å². The Labute approximate surface area is 90.3 Å². The number of carbonyl (C=O) groups excluding carboxylic acids is 1. The molecule has 0 N–H and O–H groups in total. The van der Waals surface area contributed by atoms with E-state index in [-0.39, 0.29) is 5.78 Å². The summed E-state index contributed by atoms with van der Waals surface area (Å²) >= 11 is 0. The molecular weight excluding hydrogens is 206 g/mol. The molecule has 3 heterocycles. The molecule has 0 aromatic carbocycles. The molecule has 0 unspecified atom stereocenters. The number of fused-ring (bicyclic) bond motifs is 1. The number of hydrogen-bond donors (Lipinski definition) is 0. The van der Waals surface area contributed by atoms with Crippen molar-refractivity contribution in [1.82, 2.24) is 14.6 Å². The molecule has 5 nitrogen and oxygen atoms in total. The van der Waals surface area contributed by atoms with E-state index in [0.717, 1.165) is 0 Å². The van der Waals surface area contributed by atoms with Gasteiger partial charge in [0.25, 0.3) is 0 Å². The summed E-state index contributed by atoms with van der Waals surface area (Å²) in [6.07, 6.45) is 6.32. The minimum Gasteiger partial charge on any atom is -0.461 e. The van der Waals surface area contributed by atoms with Crippen LogP contribution in [0.3, 0.4) is 0 Å². The molecule has 0 spiro atoms. The number of ketones is 1. The molecule has 0 aliphatic heterocycles. The van der Waals surface area contributed by atoms with E-state index in [1.807, 2.05) is 0 Å². The molecular formula is C11H7N3O2. The summed E-state index contributed by atoms with van der Waals surface area (Å²) < 4.78 is 6.61. The van der Waals surface area contributed by atoms with Crippen molar-refractivity contribution in [2.75, 3.05) is 0 Å². The third kappa shape index (κ3) is 1.22. The Morgan fingerprint density at radius 1 is 1.38 bits per heavy atom. The van der Waals surface area contributed by atoms with Crippen molar-refractivity contribution in [2.45, 2.75) is 0 Å². The van der Waals surface area contributed by atoms with Gasteiger partial charge in [-0.3, -0.25) is 4.79 Å². The van der Waals surface area contributed by atoms with Gasteiger partial charge in [0.1, 0.15) is 0 Å². The van der Waals surface area contributed by atoms with Gasteiger partial charge in [0.05, 0.1) is 18.0 Å². The zero-order valence-corrected chi connectivity index (χ0v) is 8.20. The smallest absolute Gasteiger partial charge is 0.233 e. The summed E-state index contributed by atoms with van der Waals surface area (Å²) in [6, 6.07) is 5.04. The van der Waals surface area contributed by atoms with E-state index in [9.17, 15) is 4.79 Å². The Kier molecular flexibility index (Phi) is 1.83. The molecule has 0 bridgehead atoms. The van der Waals surface area contributed by atoms with Crippen molar-refractivity contribution < 1.29 is 9.21 Å². The van der Waals surface area contributed by atoms with E-state index in [1.165, 1.54) is 12.5 Å². The highest BCUT2D eigenvalue weighted by atomic mass is 16.3. The molecule has 0 saturated heterocycles. The van der Waals surface area contributed by atoms with Gasteiger partial charge in [-0.2, -0.15) is 5.10 Å². The van der Waals surface area contributed by atoms with Gasteiger partial charge in [0, 0.05) is 12.4 Å². The Morgan fingerprint density at radius 2 is 2.31 bits per heavy atom. The maximum atomic E-state index is 12.0. The predicted octanol–water partition coefficient (Wildman–Crippen LogP) is 1.55. The monoisotopic (exact) mass is 213 g/mol. The Balaban J connectivity index is 2.16. The van der Waals surface area contributed by atoms with E-state index in [0.29, 0.717) is 17.0 Å². The average molecular weight is 213 g/mol. The molecule has 16 heavy (non-hydrogen) atoms. The maximum Gasteiger partial charge on any atom is 0.233 e. The first-order chi connectivity index (χ1) is 7.86. The number of furan rings is 1. The van der Waals surface area contributed by atoms with Crippen molar-refractivity contribution in [1.29, 1.82) is 0 Å². The number of aromatic nitrogens is 3. The summed E-state index contributed by atoms with van der Waals surface area (Å²) in [7, 11) is 0. The second kappa shape index (κ2) is 3.30. The number of carbonyl (C=O) groups is 1. The molecule has 3 rings (SSSR count). The lowest BCUT2D eigenvalue weighted by Gasteiger charge is -1.94. The summed E-state index contributed by atoms with van der Waals surface area (Å²) in [5, 5.41) is 4.04. The van der Waals surface area contributed by atoms with Crippen LogP contribution < -0.4 is 0 Å². The fourth-order valence-corrected chi connectivity index (χ4v) is 1.53.